The molecule has 0 unspecified atom stereocenters. The number of unbranched alkanes of at least 4 members (excludes halogenated alkanes) is 5. The summed E-state index contributed by atoms with van der Waals surface area (Å²) in [4.78, 5) is 35.0. The maximum absolute atomic E-state index is 12.9. The van der Waals surface area contributed by atoms with Gasteiger partial charge in [-0.25, -0.2) is 0 Å². The Bertz CT molecular complexity index is 1260. The molecule has 1 amide bonds. The summed E-state index contributed by atoms with van der Waals surface area (Å²) in [6.07, 6.45) is 6.96. The number of carbonyl (C=O) groups is 1. The third-order valence-corrected chi connectivity index (χ3v) is 5.97. The SMILES string of the molecule is CCCCCCCCOc1ccc(NC(=O)c2cc([N+](=O)[O-])c(Nc3cccc(OC)c3)c([N+](=O)[O-])c2)cc1. The van der Waals surface area contributed by atoms with Crippen LogP contribution in [0.15, 0.2) is 60.7 Å². The molecule has 11 heteroatoms. The Kier molecular flexibility index (Phi) is 10.6. The highest BCUT2D eigenvalue weighted by Gasteiger charge is 2.29. The molecule has 2 N–H and O–H groups in total. The molecule has 0 radical (unpaired) electrons. The Morgan fingerprint density at radius 2 is 1.46 bits per heavy atom. The second kappa shape index (κ2) is 14.3. The number of hydrogen-bond donors (Lipinski definition) is 2. The largest absolute Gasteiger partial charge is 0.497 e. The number of benzene rings is 3. The average molecular weight is 537 g/mol. The first-order chi connectivity index (χ1) is 18.8. The third kappa shape index (κ3) is 8.42. The lowest BCUT2D eigenvalue weighted by Gasteiger charge is -2.11. The second-order valence-corrected chi connectivity index (χ2v) is 8.86. The summed E-state index contributed by atoms with van der Waals surface area (Å²) in [7, 11) is 1.45. The van der Waals surface area contributed by atoms with Gasteiger partial charge in [-0.15, -0.1) is 0 Å². The number of ether oxygens (including phenoxy) is 2. The number of hydrogen-bond acceptors (Lipinski definition) is 8. The van der Waals surface area contributed by atoms with Crippen LogP contribution in [0.4, 0.5) is 28.4 Å². The van der Waals surface area contributed by atoms with Gasteiger partial charge in [-0.05, 0) is 42.8 Å². The Hall–Kier alpha value is -4.67. The summed E-state index contributed by atoms with van der Waals surface area (Å²) < 4.78 is 10.9. The molecule has 0 fully saturated rings. The highest BCUT2D eigenvalue weighted by molar-refractivity contribution is 6.06. The van der Waals surface area contributed by atoms with Crippen molar-refractivity contribution >= 4 is 34.3 Å². The van der Waals surface area contributed by atoms with Crippen LogP contribution in [-0.2, 0) is 0 Å². The molecule has 206 valence electrons. The molecule has 0 aliphatic rings. The van der Waals surface area contributed by atoms with Gasteiger partial charge in [-0.1, -0.05) is 45.1 Å². The monoisotopic (exact) mass is 536 g/mol. The standard InChI is InChI=1S/C28H32N4O7/c1-3-4-5-6-7-8-16-39-23-14-12-21(13-15-23)30-28(33)20-17-25(31(34)35)27(26(18-20)32(36)37)29-22-10-9-11-24(19-22)38-2/h9-15,17-19,29H,3-8,16H2,1-2H3,(H,30,33). The number of carbonyl (C=O) groups excluding carboxylic acids is 1. The van der Waals surface area contributed by atoms with Crippen molar-refractivity contribution in [2.45, 2.75) is 45.4 Å². The highest BCUT2D eigenvalue weighted by Crippen LogP contribution is 2.38. The van der Waals surface area contributed by atoms with Crippen LogP contribution in [0.25, 0.3) is 0 Å². The van der Waals surface area contributed by atoms with Gasteiger partial charge in [0.25, 0.3) is 5.91 Å². The number of anilines is 3. The summed E-state index contributed by atoms with van der Waals surface area (Å²) in [5.74, 6) is 0.385. The highest BCUT2D eigenvalue weighted by atomic mass is 16.6. The lowest BCUT2D eigenvalue weighted by atomic mass is 10.1. The van der Waals surface area contributed by atoms with E-state index in [1.165, 1.54) is 38.9 Å². The fourth-order valence-corrected chi connectivity index (χ4v) is 3.91. The molecule has 0 spiro atoms. The Balaban J connectivity index is 1.72. The number of nitrogens with zero attached hydrogens (tertiary/aromatic N) is 2. The quantitative estimate of drug-likeness (QED) is 0.117. The minimum Gasteiger partial charge on any atom is -0.497 e. The molecule has 3 rings (SSSR count). The van der Waals surface area contributed by atoms with Crippen molar-refractivity contribution in [3.8, 4) is 11.5 Å². The lowest BCUT2D eigenvalue weighted by Crippen LogP contribution is -2.13. The van der Waals surface area contributed by atoms with Crippen molar-refractivity contribution < 1.29 is 24.1 Å². The van der Waals surface area contributed by atoms with E-state index in [0.29, 0.717) is 29.5 Å². The van der Waals surface area contributed by atoms with Crippen LogP contribution in [0.5, 0.6) is 11.5 Å². The Labute approximate surface area is 226 Å². The fourth-order valence-electron chi connectivity index (χ4n) is 3.91. The summed E-state index contributed by atoms with van der Waals surface area (Å²) in [6, 6.07) is 15.1. The van der Waals surface area contributed by atoms with Crippen LogP contribution in [0.2, 0.25) is 0 Å². The number of rotatable bonds is 15. The van der Waals surface area contributed by atoms with E-state index in [2.05, 4.69) is 17.6 Å². The summed E-state index contributed by atoms with van der Waals surface area (Å²) >= 11 is 0. The molecule has 0 bridgehead atoms. The molecule has 0 saturated carbocycles. The van der Waals surface area contributed by atoms with Gasteiger partial charge in [0.1, 0.15) is 11.5 Å². The van der Waals surface area contributed by atoms with Crippen LogP contribution < -0.4 is 20.1 Å². The van der Waals surface area contributed by atoms with E-state index in [1.807, 2.05) is 0 Å². The average Bonchev–Trinajstić information content (AvgIpc) is 2.93. The molecule has 11 nitrogen and oxygen atoms in total. The fraction of sp³-hybridized carbons (Fsp3) is 0.321. The zero-order valence-corrected chi connectivity index (χ0v) is 22.0. The van der Waals surface area contributed by atoms with E-state index in [0.717, 1.165) is 25.0 Å². The van der Waals surface area contributed by atoms with Crippen LogP contribution in [0, 0.1) is 20.2 Å². The Morgan fingerprint density at radius 1 is 0.821 bits per heavy atom. The van der Waals surface area contributed by atoms with Gasteiger partial charge in [0.15, 0.2) is 5.69 Å². The maximum Gasteiger partial charge on any atom is 0.300 e. The predicted octanol–water partition coefficient (Wildman–Crippen LogP) is 7.25. The zero-order valence-electron chi connectivity index (χ0n) is 22.0. The normalized spacial score (nSPS) is 10.5. The number of methoxy groups -OCH3 is 1. The van der Waals surface area contributed by atoms with Gasteiger partial charge < -0.3 is 20.1 Å². The first-order valence-electron chi connectivity index (χ1n) is 12.7. The van der Waals surface area contributed by atoms with Crippen molar-refractivity contribution in [2.75, 3.05) is 24.4 Å². The molecule has 0 heterocycles. The van der Waals surface area contributed by atoms with Gasteiger partial charge in [0.05, 0.1) is 29.1 Å². The molecule has 0 aromatic heterocycles. The van der Waals surface area contributed by atoms with Crippen LogP contribution in [0.1, 0.15) is 55.8 Å². The summed E-state index contributed by atoms with van der Waals surface area (Å²) in [6.45, 7) is 2.78. The van der Waals surface area contributed by atoms with Crippen LogP contribution in [0.3, 0.4) is 0 Å². The third-order valence-electron chi connectivity index (χ3n) is 5.97. The van der Waals surface area contributed by atoms with Crippen molar-refractivity contribution in [1.82, 2.24) is 0 Å². The van der Waals surface area contributed by atoms with Gasteiger partial charge >= 0.3 is 11.4 Å². The topological polar surface area (TPSA) is 146 Å². The summed E-state index contributed by atoms with van der Waals surface area (Å²) in [5.41, 5.74) is -1.05. The molecular formula is C28H32N4O7. The number of nitrogens with one attached hydrogen (secondary N) is 2. The first-order valence-corrected chi connectivity index (χ1v) is 12.7. The number of nitro groups is 2. The molecule has 0 saturated heterocycles. The van der Waals surface area contributed by atoms with E-state index in [1.54, 1.807) is 42.5 Å². The van der Waals surface area contributed by atoms with Gasteiger partial charge in [0.2, 0.25) is 0 Å². The van der Waals surface area contributed by atoms with Crippen molar-refractivity contribution in [1.29, 1.82) is 0 Å². The smallest absolute Gasteiger partial charge is 0.300 e. The van der Waals surface area contributed by atoms with Crippen molar-refractivity contribution in [2.24, 2.45) is 0 Å². The number of amides is 1. The minimum atomic E-state index is -0.776. The molecule has 0 aliphatic carbocycles. The van der Waals surface area contributed by atoms with E-state index >= 15 is 0 Å². The molecule has 3 aromatic rings. The van der Waals surface area contributed by atoms with Crippen LogP contribution in [-0.4, -0.2) is 29.5 Å². The lowest BCUT2D eigenvalue weighted by molar-refractivity contribution is -0.392. The molecular weight excluding hydrogens is 504 g/mol. The van der Waals surface area contributed by atoms with Crippen molar-refractivity contribution in [3.63, 3.8) is 0 Å². The molecule has 0 atom stereocenters. The maximum atomic E-state index is 12.9. The molecule has 3 aromatic carbocycles. The van der Waals surface area contributed by atoms with E-state index < -0.39 is 27.1 Å². The predicted molar refractivity (Wildman–Crippen MR) is 149 cm³/mol. The van der Waals surface area contributed by atoms with E-state index in [9.17, 15) is 25.0 Å². The number of nitro benzene ring substituents is 2. The minimum absolute atomic E-state index is 0.229. The van der Waals surface area contributed by atoms with Crippen LogP contribution >= 0.6 is 0 Å². The van der Waals surface area contributed by atoms with Gasteiger partial charge in [-0.3, -0.25) is 25.0 Å². The van der Waals surface area contributed by atoms with Crippen molar-refractivity contribution in [3.05, 3.63) is 86.5 Å². The van der Waals surface area contributed by atoms with E-state index in [4.69, 9.17) is 9.47 Å². The molecule has 0 aliphatic heterocycles. The van der Waals surface area contributed by atoms with E-state index in [-0.39, 0.29) is 11.3 Å². The first kappa shape index (κ1) is 28.9. The second-order valence-electron chi connectivity index (χ2n) is 8.86. The Morgan fingerprint density at radius 3 is 2.08 bits per heavy atom. The zero-order chi connectivity index (χ0) is 28.2. The molecule has 39 heavy (non-hydrogen) atoms. The van der Waals surface area contributed by atoms with Gasteiger partial charge in [0, 0.05) is 29.6 Å². The van der Waals surface area contributed by atoms with Gasteiger partial charge in [-0.2, -0.15) is 0 Å². The summed E-state index contributed by atoms with van der Waals surface area (Å²) in [5, 5.41) is 29.0.